The Morgan fingerprint density at radius 1 is 0.692 bits per heavy atom. The number of aromatic amines is 2. The number of nitrogens with zero attached hydrogens (tertiary/aromatic N) is 5. The summed E-state index contributed by atoms with van der Waals surface area (Å²) in [6.45, 7) is 9.34. The zero-order valence-corrected chi connectivity index (χ0v) is 40.7. The van der Waals surface area contributed by atoms with Crippen LogP contribution in [0.15, 0.2) is 94.1 Å². The number of aromatic nitrogens is 5. The van der Waals surface area contributed by atoms with Crippen LogP contribution in [0.2, 0.25) is 0 Å². The van der Waals surface area contributed by atoms with Crippen LogP contribution in [0.4, 0.5) is 4.79 Å². The molecule has 3 amide bonds. The van der Waals surface area contributed by atoms with E-state index in [1.54, 1.807) is 0 Å². The molecule has 2 saturated heterocycles. The number of rotatable bonds is 13. The number of halogens is 2. The number of H-pyrrole nitrogens is 2. The van der Waals surface area contributed by atoms with Gasteiger partial charge in [0.15, 0.2) is 0 Å². The summed E-state index contributed by atoms with van der Waals surface area (Å²) in [4.78, 5) is 59.8. The van der Waals surface area contributed by atoms with Gasteiger partial charge in [-0.15, -0.1) is 0 Å². The molecule has 3 aliphatic rings. The quantitative estimate of drug-likeness (QED) is 0.105. The van der Waals surface area contributed by atoms with Crippen LogP contribution in [0.25, 0.3) is 50.7 Å². The Morgan fingerprint density at radius 3 is 1.66 bits per heavy atom. The third kappa shape index (κ3) is 9.21. The Hall–Kier alpha value is -5.47. The highest BCUT2D eigenvalue weighted by Crippen LogP contribution is 2.42. The molecule has 14 heteroatoms. The standard InChI is InChI=1S/C51H56Br2N8O4/c1-29(2)28-42(62)59-26-6-8-40(59)48-54-44(46(52)57-48)35-16-12-33(13-17-35)38-24-25-39(61(38)37-22-20-32(21-23-37)31-10-11-31)34-14-18-36(19-15-34)45-47(53)58-49(55-45)41-9-7-27-60(41)50(63)43(30(3)4)56-51(64)65-5/h12-25,29-31,40-41,43H,6-11,26-28H2,1-5H3,(H,54,57)(H,55,58)(H,56,64)/t40-,41-,43-/m0/s1. The Balaban J connectivity index is 0.986. The van der Waals surface area contributed by atoms with E-state index in [-0.39, 0.29) is 29.8 Å². The molecule has 338 valence electrons. The van der Waals surface area contributed by atoms with Gasteiger partial charge in [-0.2, -0.15) is 0 Å². The van der Waals surface area contributed by atoms with Gasteiger partial charge in [-0.25, -0.2) is 14.8 Å². The molecule has 3 N–H and O–H groups in total. The Labute approximate surface area is 397 Å². The van der Waals surface area contributed by atoms with E-state index in [0.29, 0.717) is 30.6 Å². The smallest absolute Gasteiger partial charge is 0.407 e. The van der Waals surface area contributed by atoms with E-state index in [0.717, 1.165) is 98.0 Å². The molecule has 1 saturated carbocycles. The van der Waals surface area contributed by atoms with Gasteiger partial charge in [-0.05, 0) is 129 Å². The van der Waals surface area contributed by atoms with Crippen molar-refractivity contribution in [1.29, 1.82) is 0 Å². The lowest BCUT2D eigenvalue weighted by atomic mass is 10.0. The zero-order valence-electron chi connectivity index (χ0n) is 37.5. The molecule has 0 bridgehead atoms. The van der Waals surface area contributed by atoms with E-state index in [4.69, 9.17) is 14.7 Å². The highest BCUT2D eigenvalue weighted by molar-refractivity contribution is 9.10. The molecule has 0 spiro atoms. The fourth-order valence-electron chi connectivity index (χ4n) is 9.52. The molecule has 2 aliphatic heterocycles. The topological polar surface area (TPSA) is 141 Å². The molecule has 3 fully saturated rings. The minimum absolute atomic E-state index is 0.0482. The molecule has 12 nitrogen and oxygen atoms in total. The Bertz CT molecular complexity index is 2680. The monoisotopic (exact) mass is 1000 g/mol. The second-order valence-corrected chi connectivity index (χ2v) is 20.0. The van der Waals surface area contributed by atoms with Crippen molar-refractivity contribution in [3.05, 3.63) is 111 Å². The third-order valence-corrected chi connectivity index (χ3v) is 14.2. The van der Waals surface area contributed by atoms with E-state index >= 15 is 0 Å². The predicted molar refractivity (Wildman–Crippen MR) is 260 cm³/mol. The molecule has 6 aromatic rings. The zero-order chi connectivity index (χ0) is 45.5. The minimum Gasteiger partial charge on any atom is -0.453 e. The van der Waals surface area contributed by atoms with Gasteiger partial charge in [0, 0.05) is 36.3 Å². The molecule has 3 aromatic carbocycles. The van der Waals surface area contributed by atoms with Crippen LogP contribution in [-0.4, -0.2) is 78.5 Å². The SMILES string of the molecule is COC(=O)N[C@H](C(=O)N1CCC[C@H]1c1nc(-c2ccc(-c3ccc(-c4ccc(-c5nc([C@@H]6CCCN6C(=O)CC(C)C)[nH]c5Br)cc4)n3-c3ccc(C4CC4)cc3)cc2)c(Br)[nH]1)C(C)C. The molecule has 5 heterocycles. The lowest BCUT2D eigenvalue weighted by molar-refractivity contribution is -0.135. The van der Waals surface area contributed by atoms with Crippen molar-refractivity contribution in [2.45, 2.75) is 96.7 Å². The molecular formula is C51H56Br2N8O4. The summed E-state index contributed by atoms with van der Waals surface area (Å²) in [7, 11) is 1.30. The maximum Gasteiger partial charge on any atom is 0.407 e. The average molecular weight is 1000 g/mol. The number of imidazole rings is 2. The summed E-state index contributed by atoms with van der Waals surface area (Å²) in [6, 6.07) is 29.4. The summed E-state index contributed by atoms with van der Waals surface area (Å²) in [6.07, 6.45) is 5.88. The number of alkyl carbamates (subject to hydrolysis) is 1. The highest BCUT2D eigenvalue weighted by Gasteiger charge is 2.38. The fourth-order valence-corrected chi connectivity index (χ4v) is 10.6. The van der Waals surface area contributed by atoms with Crippen molar-refractivity contribution in [3.8, 4) is 50.7 Å². The van der Waals surface area contributed by atoms with Gasteiger partial charge >= 0.3 is 6.09 Å². The maximum atomic E-state index is 13.8. The normalized spacial score (nSPS) is 17.9. The van der Waals surface area contributed by atoms with E-state index < -0.39 is 12.1 Å². The predicted octanol–water partition coefficient (Wildman–Crippen LogP) is 11.7. The molecule has 3 atom stereocenters. The van der Waals surface area contributed by atoms with Crippen LogP contribution >= 0.6 is 31.9 Å². The number of methoxy groups -OCH3 is 1. The number of benzene rings is 3. The molecule has 9 rings (SSSR count). The van der Waals surface area contributed by atoms with Gasteiger partial charge in [0.05, 0.1) is 30.6 Å². The number of carbonyl (C=O) groups excluding carboxylic acids is 3. The van der Waals surface area contributed by atoms with Gasteiger partial charge in [0.1, 0.15) is 38.3 Å². The van der Waals surface area contributed by atoms with Crippen molar-refractivity contribution in [1.82, 2.24) is 39.6 Å². The number of ether oxygens (including phenoxy) is 1. The van der Waals surface area contributed by atoms with Crippen LogP contribution in [0, 0.1) is 11.8 Å². The third-order valence-electron chi connectivity index (χ3n) is 13.1. The van der Waals surface area contributed by atoms with Gasteiger partial charge in [0.2, 0.25) is 11.8 Å². The summed E-state index contributed by atoms with van der Waals surface area (Å²) in [5, 5.41) is 2.73. The maximum absolute atomic E-state index is 13.8. The summed E-state index contributed by atoms with van der Waals surface area (Å²) in [5.74, 6) is 2.43. The van der Waals surface area contributed by atoms with Gasteiger partial charge in [-0.3, -0.25) is 9.59 Å². The lowest BCUT2D eigenvalue weighted by Gasteiger charge is -2.29. The first-order valence-electron chi connectivity index (χ1n) is 22.9. The second kappa shape index (κ2) is 18.8. The van der Waals surface area contributed by atoms with Crippen molar-refractivity contribution in [3.63, 3.8) is 0 Å². The summed E-state index contributed by atoms with van der Waals surface area (Å²) >= 11 is 7.50. The summed E-state index contributed by atoms with van der Waals surface area (Å²) in [5.41, 5.74) is 10.2. The van der Waals surface area contributed by atoms with Crippen molar-refractivity contribution < 1.29 is 19.1 Å². The van der Waals surface area contributed by atoms with Gasteiger partial charge in [0.25, 0.3) is 0 Å². The van der Waals surface area contributed by atoms with Crippen molar-refractivity contribution in [2.75, 3.05) is 20.2 Å². The fraction of sp³-hybridized carbons (Fsp3) is 0.392. The molecule has 0 unspecified atom stereocenters. The van der Waals surface area contributed by atoms with Crippen LogP contribution in [-0.2, 0) is 14.3 Å². The number of hydrogen-bond acceptors (Lipinski definition) is 6. The largest absolute Gasteiger partial charge is 0.453 e. The number of amides is 3. The first-order chi connectivity index (χ1) is 31.4. The molecule has 1 aliphatic carbocycles. The van der Waals surface area contributed by atoms with Crippen LogP contribution < -0.4 is 5.32 Å². The minimum atomic E-state index is -0.705. The lowest BCUT2D eigenvalue weighted by Crippen LogP contribution is -2.51. The Morgan fingerprint density at radius 2 is 1.18 bits per heavy atom. The van der Waals surface area contributed by atoms with Crippen LogP contribution in [0.5, 0.6) is 0 Å². The number of likely N-dealkylation sites (tertiary alicyclic amines) is 2. The molecule has 3 aromatic heterocycles. The number of carbonyl (C=O) groups is 3. The van der Waals surface area contributed by atoms with Crippen molar-refractivity contribution >= 4 is 49.8 Å². The summed E-state index contributed by atoms with van der Waals surface area (Å²) < 4.78 is 8.70. The second-order valence-electron chi connectivity index (χ2n) is 18.4. The van der Waals surface area contributed by atoms with E-state index in [1.807, 2.05) is 23.6 Å². The average Bonchev–Trinajstić information content (AvgIpc) is 3.80. The Kier molecular flexibility index (Phi) is 12.9. The molecule has 0 radical (unpaired) electrons. The first-order valence-corrected chi connectivity index (χ1v) is 24.5. The molecule has 65 heavy (non-hydrogen) atoms. The number of nitrogens with one attached hydrogen (secondary N) is 3. The van der Waals surface area contributed by atoms with Gasteiger partial charge < -0.3 is 34.4 Å². The van der Waals surface area contributed by atoms with E-state index in [9.17, 15) is 14.4 Å². The molecular weight excluding hydrogens is 948 g/mol. The van der Waals surface area contributed by atoms with Crippen LogP contribution in [0.3, 0.4) is 0 Å². The van der Waals surface area contributed by atoms with Gasteiger partial charge in [-0.1, -0.05) is 88.4 Å². The highest BCUT2D eigenvalue weighted by atomic mass is 79.9. The van der Waals surface area contributed by atoms with Crippen LogP contribution in [0.1, 0.15) is 108 Å². The first kappa shape index (κ1) is 44.7. The van der Waals surface area contributed by atoms with E-state index in [1.165, 1.54) is 25.5 Å². The number of hydrogen-bond donors (Lipinski definition) is 3. The van der Waals surface area contributed by atoms with Crippen molar-refractivity contribution in [2.24, 2.45) is 11.8 Å². The van der Waals surface area contributed by atoms with E-state index in [2.05, 4.69) is 150 Å².